The molecule has 2 aromatic carbocycles. The Kier molecular flexibility index (Phi) is 7.26. The van der Waals surface area contributed by atoms with Crippen molar-refractivity contribution in [1.82, 2.24) is 14.5 Å². The third kappa shape index (κ3) is 4.97. The Balaban J connectivity index is 0.00000130. The lowest BCUT2D eigenvalue weighted by atomic mass is 9.86. The maximum Gasteiger partial charge on any atom is 0.275 e. The number of hydrogen-bond acceptors (Lipinski definition) is 3. The molecule has 5 nitrogen and oxygen atoms in total. The van der Waals surface area contributed by atoms with Crippen LogP contribution in [-0.4, -0.2) is 20.4 Å². The molecule has 0 unspecified atom stereocenters. The minimum atomic E-state index is -0.254. The second-order valence-corrected chi connectivity index (χ2v) is 9.44. The van der Waals surface area contributed by atoms with Crippen LogP contribution in [0.5, 0.6) is 0 Å². The van der Waals surface area contributed by atoms with E-state index in [2.05, 4.69) is 44.3 Å². The van der Waals surface area contributed by atoms with Crippen molar-refractivity contribution in [2.75, 3.05) is 5.32 Å². The molecule has 6 rings (SSSR count). The summed E-state index contributed by atoms with van der Waals surface area (Å²) >= 11 is 0. The second-order valence-electron chi connectivity index (χ2n) is 9.44. The highest BCUT2D eigenvalue weighted by atomic mass is 16.1. The number of hydrogen-bond donors (Lipinski definition) is 1. The second kappa shape index (κ2) is 10.9. The van der Waals surface area contributed by atoms with Crippen molar-refractivity contribution in [3.8, 4) is 11.1 Å². The van der Waals surface area contributed by atoms with Gasteiger partial charge in [0.05, 0.1) is 17.2 Å². The number of rotatable bonds is 5. The molecule has 1 N–H and O–H groups in total. The van der Waals surface area contributed by atoms with Crippen molar-refractivity contribution in [2.24, 2.45) is 5.92 Å². The summed E-state index contributed by atoms with van der Waals surface area (Å²) in [6.07, 6.45) is 15.1. The molecule has 0 radical (unpaired) electrons. The number of aromatic nitrogens is 3. The van der Waals surface area contributed by atoms with Gasteiger partial charge in [-0.3, -0.25) is 9.78 Å². The molecule has 2 aliphatic rings. The van der Waals surface area contributed by atoms with Gasteiger partial charge >= 0.3 is 0 Å². The molecule has 36 heavy (non-hydrogen) atoms. The van der Waals surface area contributed by atoms with E-state index in [1.807, 2.05) is 56.3 Å². The fourth-order valence-electron chi connectivity index (χ4n) is 5.37. The number of carbonyl (C=O) groups excluding carboxylic acids is 1. The first-order valence-electron chi connectivity index (χ1n) is 13.3. The molecule has 3 heterocycles. The smallest absolute Gasteiger partial charge is 0.275 e. The summed E-state index contributed by atoms with van der Waals surface area (Å²) in [5, 5.41) is 3.07. The Hall–Kier alpha value is -3.73. The Labute approximate surface area is 213 Å². The topological polar surface area (TPSA) is 59.8 Å². The minimum Gasteiger partial charge on any atom is -0.324 e. The van der Waals surface area contributed by atoms with E-state index < -0.39 is 0 Å². The SMILES string of the molecule is CC.O=C(Nc1ccccc1-c1cc2n(c1)C(CC1CCCCC1)=CC2)c1cnc2ccccc2n1. The third-order valence-corrected chi connectivity index (χ3v) is 7.15. The van der Waals surface area contributed by atoms with Crippen LogP contribution < -0.4 is 5.32 Å². The first kappa shape index (κ1) is 24.0. The summed E-state index contributed by atoms with van der Waals surface area (Å²) in [5.41, 5.74) is 7.48. The van der Waals surface area contributed by atoms with Crippen LogP contribution in [0.2, 0.25) is 0 Å². The Morgan fingerprint density at radius 2 is 1.75 bits per heavy atom. The number of fused-ring (bicyclic) bond motifs is 2. The van der Waals surface area contributed by atoms with Gasteiger partial charge in [0, 0.05) is 40.8 Å². The average molecular weight is 479 g/mol. The first-order valence-corrected chi connectivity index (χ1v) is 13.3. The molecule has 5 heteroatoms. The van der Waals surface area contributed by atoms with E-state index in [-0.39, 0.29) is 5.91 Å². The van der Waals surface area contributed by atoms with E-state index >= 15 is 0 Å². The van der Waals surface area contributed by atoms with Gasteiger partial charge in [-0.05, 0) is 36.6 Å². The molecule has 4 aromatic rings. The van der Waals surface area contributed by atoms with Gasteiger partial charge in [-0.2, -0.15) is 0 Å². The predicted molar refractivity (Wildman–Crippen MR) is 148 cm³/mol. The maximum atomic E-state index is 13.0. The minimum absolute atomic E-state index is 0.254. The molecule has 1 saturated carbocycles. The van der Waals surface area contributed by atoms with Crippen molar-refractivity contribution < 1.29 is 4.79 Å². The average Bonchev–Trinajstić information content (AvgIpc) is 3.52. The molecular weight excluding hydrogens is 444 g/mol. The largest absolute Gasteiger partial charge is 0.324 e. The first-order chi connectivity index (χ1) is 17.7. The van der Waals surface area contributed by atoms with Crippen LogP contribution in [0.4, 0.5) is 5.69 Å². The number of nitrogens with one attached hydrogen (secondary N) is 1. The van der Waals surface area contributed by atoms with Crippen LogP contribution >= 0.6 is 0 Å². The van der Waals surface area contributed by atoms with Crippen LogP contribution in [0.15, 0.2) is 73.1 Å². The summed E-state index contributed by atoms with van der Waals surface area (Å²) in [6.45, 7) is 4.00. The van der Waals surface area contributed by atoms with Crippen LogP contribution in [0.1, 0.15) is 68.6 Å². The van der Waals surface area contributed by atoms with Gasteiger partial charge < -0.3 is 9.88 Å². The highest BCUT2D eigenvalue weighted by Gasteiger charge is 2.22. The molecule has 1 aliphatic heterocycles. The van der Waals surface area contributed by atoms with Crippen LogP contribution in [0, 0.1) is 5.92 Å². The van der Waals surface area contributed by atoms with Gasteiger partial charge in [-0.15, -0.1) is 0 Å². The van der Waals surface area contributed by atoms with Gasteiger partial charge in [0.15, 0.2) is 0 Å². The molecule has 0 spiro atoms. The number of nitrogens with zero attached hydrogens (tertiary/aromatic N) is 3. The molecule has 2 aromatic heterocycles. The summed E-state index contributed by atoms with van der Waals surface area (Å²) in [6, 6.07) is 17.8. The Bertz CT molecular complexity index is 1390. The van der Waals surface area contributed by atoms with Crippen molar-refractivity contribution >= 4 is 28.3 Å². The molecule has 0 atom stereocenters. The van der Waals surface area contributed by atoms with Crippen LogP contribution in [0.25, 0.3) is 27.9 Å². The zero-order valence-corrected chi connectivity index (χ0v) is 21.2. The summed E-state index contributed by atoms with van der Waals surface area (Å²) < 4.78 is 2.37. The van der Waals surface area contributed by atoms with E-state index in [0.29, 0.717) is 11.2 Å². The molecule has 1 aliphatic carbocycles. The van der Waals surface area contributed by atoms with Crippen molar-refractivity contribution in [3.63, 3.8) is 0 Å². The number of allylic oxidation sites excluding steroid dienone is 2. The Morgan fingerprint density at radius 3 is 2.58 bits per heavy atom. The number of para-hydroxylation sites is 3. The highest BCUT2D eigenvalue weighted by Crippen LogP contribution is 2.37. The number of benzene rings is 2. The lowest BCUT2D eigenvalue weighted by molar-refractivity contribution is 0.102. The lowest BCUT2D eigenvalue weighted by Gasteiger charge is -2.22. The molecule has 0 bridgehead atoms. The summed E-state index contributed by atoms with van der Waals surface area (Å²) in [4.78, 5) is 21.9. The van der Waals surface area contributed by atoms with Crippen molar-refractivity contribution in [2.45, 2.75) is 58.8 Å². The number of anilines is 1. The Morgan fingerprint density at radius 1 is 1.00 bits per heavy atom. The number of amides is 1. The third-order valence-electron chi connectivity index (χ3n) is 7.15. The van der Waals surface area contributed by atoms with Crippen molar-refractivity contribution in [1.29, 1.82) is 0 Å². The predicted octanol–water partition coefficient (Wildman–Crippen LogP) is 7.74. The van der Waals surface area contributed by atoms with Crippen LogP contribution in [-0.2, 0) is 6.42 Å². The van der Waals surface area contributed by atoms with E-state index in [1.54, 1.807) is 0 Å². The fourth-order valence-corrected chi connectivity index (χ4v) is 5.37. The summed E-state index contributed by atoms with van der Waals surface area (Å²) in [7, 11) is 0. The van der Waals surface area contributed by atoms with Gasteiger partial charge in [0.1, 0.15) is 5.69 Å². The fraction of sp³-hybridized carbons (Fsp3) is 0.323. The van der Waals surface area contributed by atoms with E-state index in [1.165, 1.54) is 56.1 Å². The normalized spacial score (nSPS) is 15.1. The standard InChI is InChI=1S/C29H28N4O.C2H6/c34-29(28-18-30-26-12-6-7-13-27(26)31-28)32-25-11-5-4-10-24(25)21-17-23-15-14-22(33(23)19-21)16-20-8-2-1-3-9-20;1-2/h4-7,10-14,17-20H,1-3,8-9,15-16H2,(H,32,34);1-2H3. The zero-order valence-electron chi connectivity index (χ0n) is 21.2. The molecule has 184 valence electrons. The number of carbonyl (C=O) groups is 1. The van der Waals surface area contributed by atoms with Crippen LogP contribution in [0.3, 0.4) is 0 Å². The highest BCUT2D eigenvalue weighted by molar-refractivity contribution is 6.05. The monoisotopic (exact) mass is 478 g/mol. The van der Waals surface area contributed by atoms with Gasteiger partial charge in [0.2, 0.25) is 0 Å². The molecule has 1 amide bonds. The summed E-state index contributed by atoms with van der Waals surface area (Å²) in [5.74, 6) is 0.557. The van der Waals surface area contributed by atoms with Crippen molar-refractivity contribution in [3.05, 3.63) is 84.5 Å². The van der Waals surface area contributed by atoms with E-state index in [0.717, 1.165) is 34.7 Å². The van der Waals surface area contributed by atoms with Gasteiger partial charge in [0.25, 0.3) is 5.91 Å². The maximum absolute atomic E-state index is 13.0. The lowest BCUT2D eigenvalue weighted by Crippen LogP contribution is -2.14. The van der Waals surface area contributed by atoms with E-state index in [9.17, 15) is 4.79 Å². The quantitative estimate of drug-likeness (QED) is 0.319. The van der Waals surface area contributed by atoms with E-state index in [4.69, 9.17) is 0 Å². The molecule has 0 saturated heterocycles. The zero-order chi connectivity index (χ0) is 24.9. The van der Waals surface area contributed by atoms with Gasteiger partial charge in [-0.1, -0.05) is 82.4 Å². The molecule has 1 fully saturated rings. The van der Waals surface area contributed by atoms with Gasteiger partial charge in [-0.25, -0.2) is 4.98 Å². The molecular formula is C31H34N4O.